The standard InChI is InChI=1S/C32H44O6/c1-27(2)11-13-32(26(36)37)14-12-31(7)23(19(32)17-27)20(33)15-22-29(5)16-18(25(35)38-8)24(34)28(3,4)21(29)9-10-30(22,31)6/h15-16,19,21,23H,9-14,17H2,1-8H3,(H,36,37)/t19?,21-,23?,29-,30+,31+,32-/m0/s1. The van der Waals surface area contributed by atoms with Crippen molar-refractivity contribution in [2.75, 3.05) is 7.11 Å². The maximum atomic E-state index is 14.3. The van der Waals surface area contributed by atoms with Crippen molar-refractivity contribution in [3.05, 3.63) is 23.3 Å². The molecule has 3 saturated carbocycles. The number of carbonyl (C=O) groups excluding carboxylic acids is 3. The lowest BCUT2D eigenvalue weighted by molar-refractivity contribution is -0.188. The van der Waals surface area contributed by atoms with Crippen molar-refractivity contribution in [1.82, 2.24) is 0 Å². The van der Waals surface area contributed by atoms with E-state index in [0.29, 0.717) is 19.3 Å². The Morgan fingerprint density at radius 1 is 0.947 bits per heavy atom. The van der Waals surface area contributed by atoms with E-state index < -0.39 is 33.6 Å². The minimum Gasteiger partial charge on any atom is -0.481 e. The lowest BCUT2D eigenvalue weighted by atomic mass is 9.34. The van der Waals surface area contributed by atoms with Gasteiger partial charge in [0.1, 0.15) is 5.57 Å². The molecule has 0 amide bonds. The predicted octanol–water partition coefficient (Wildman–Crippen LogP) is 5.94. The van der Waals surface area contributed by atoms with Gasteiger partial charge < -0.3 is 9.84 Å². The summed E-state index contributed by atoms with van der Waals surface area (Å²) in [4.78, 5) is 53.3. The highest BCUT2D eigenvalue weighted by atomic mass is 16.5. The number of rotatable bonds is 2. The number of methoxy groups -OCH3 is 1. The van der Waals surface area contributed by atoms with Crippen molar-refractivity contribution in [3.8, 4) is 0 Å². The Hall–Kier alpha value is -2.24. The molecule has 6 heteroatoms. The van der Waals surface area contributed by atoms with E-state index in [1.54, 1.807) is 6.08 Å². The molecule has 0 aromatic rings. The van der Waals surface area contributed by atoms with Crippen molar-refractivity contribution in [1.29, 1.82) is 0 Å². The molecule has 5 aliphatic rings. The number of hydrogen-bond donors (Lipinski definition) is 1. The predicted molar refractivity (Wildman–Crippen MR) is 143 cm³/mol. The number of esters is 1. The van der Waals surface area contributed by atoms with Crippen LogP contribution in [0.4, 0.5) is 0 Å². The van der Waals surface area contributed by atoms with Crippen LogP contribution in [0.25, 0.3) is 0 Å². The SMILES string of the molecule is COC(=O)C1=C[C@]2(C)C3=CC(=O)C4C5CC(C)(C)CC[C@]5(C(=O)O)CC[C@@]4(C)[C@]3(C)CC[C@H]2C(C)(C)C1=O. The third-order valence-electron chi connectivity index (χ3n) is 12.6. The zero-order valence-corrected chi connectivity index (χ0v) is 24.3. The van der Waals surface area contributed by atoms with Crippen molar-refractivity contribution in [2.45, 2.75) is 93.4 Å². The van der Waals surface area contributed by atoms with E-state index in [4.69, 9.17) is 4.74 Å². The molecule has 0 spiro atoms. The highest BCUT2D eigenvalue weighted by Gasteiger charge is 2.71. The first kappa shape index (κ1) is 27.3. The third kappa shape index (κ3) is 3.18. The summed E-state index contributed by atoms with van der Waals surface area (Å²) in [5, 5.41) is 10.5. The van der Waals surface area contributed by atoms with Crippen LogP contribution >= 0.6 is 0 Å². The van der Waals surface area contributed by atoms with Crippen molar-refractivity contribution >= 4 is 23.5 Å². The first-order valence-corrected chi connectivity index (χ1v) is 14.3. The van der Waals surface area contributed by atoms with Gasteiger partial charge in [0.25, 0.3) is 0 Å². The fourth-order valence-corrected chi connectivity index (χ4v) is 10.2. The van der Waals surface area contributed by atoms with E-state index in [1.165, 1.54) is 7.11 Å². The molecule has 7 atom stereocenters. The minimum absolute atomic E-state index is 0.0113. The molecule has 0 aromatic heterocycles. The van der Waals surface area contributed by atoms with Crippen LogP contribution in [0, 0.1) is 50.2 Å². The quantitative estimate of drug-likeness (QED) is 0.355. The van der Waals surface area contributed by atoms with E-state index in [-0.39, 0.29) is 45.7 Å². The fourth-order valence-electron chi connectivity index (χ4n) is 10.2. The molecule has 0 bridgehead atoms. The number of ether oxygens (including phenoxy) is 1. The average Bonchev–Trinajstić information content (AvgIpc) is 2.82. The lowest BCUT2D eigenvalue weighted by Gasteiger charge is -2.68. The van der Waals surface area contributed by atoms with Gasteiger partial charge in [-0.3, -0.25) is 14.4 Å². The maximum Gasteiger partial charge on any atom is 0.341 e. The topological polar surface area (TPSA) is 97.7 Å². The molecular weight excluding hydrogens is 480 g/mol. The van der Waals surface area contributed by atoms with E-state index in [2.05, 4.69) is 34.6 Å². The molecule has 5 rings (SSSR count). The summed E-state index contributed by atoms with van der Waals surface area (Å²) in [6, 6.07) is 0. The number of allylic oxidation sites excluding steroid dienone is 3. The van der Waals surface area contributed by atoms with Gasteiger partial charge in [-0.25, -0.2) is 4.79 Å². The van der Waals surface area contributed by atoms with Gasteiger partial charge in [0.15, 0.2) is 11.6 Å². The molecule has 1 N–H and O–H groups in total. The number of carboxylic acids is 1. The van der Waals surface area contributed by atoms with Gasteiger partial charge >= 0.3 is 11.9 Å². The Morgan fingerprint density at radius 2 is 1.58 bits per heavy atom. The molecule has 3 fully saturated rings. The molecule has 5 aliphatic carbocycles. The van der Waals surface area contributed by atoms with Crippen LogP contribution in [0.1, 0.15) is 93.4 Å². The number of Topliss-reactive ketones (excluding diaryl/α,β-unsaturated/α-hetero) is 1. The third-order valence-corrected chi connectivity index (χ3v) is 12.6. The molecule has 0 heterocycles. The number of aliphatic carboxylic acids is 1. The highest BCUT2D eigenvalue weighted by molar-refractivity contribution is 6.20. The van der Waals surface area contributed by atoms with E-state index >= 15 is 0 Å². The minimum atomic E-state index is -0.852. The molecule has 38 heavy (non-hydrogen) atoms. The normalized spacial score (nSPS) is 44.9. The first-order chi connectivity index (χ1) is 17.4. The van der Waals surface area contributed by atoms with Crippen molar-refractivity contribution in [3.63, 3.8) is 0 Å². The Morgan fingerprint density at radius 3 is 2.18 bits per heavy atom. The second-order valence-electron chi connectivity index (χ2n) is 15.1. The summed E-state index contributed by atoms with van der Waals surface area (Å²) in [5.74, 6) is -2.17. The Kier molecular flexibility index (Phi) is 5.69. The molecule has 0 aromatic carbocycles. The van der Waals surface area contributed by atoms with E-state index in [9.17, 15) is 24.3 Å². The van der Waals surface area contributed by atoms with E-state index in [1.807, 2.05) is 19.9 Å². The molecule has 0 aliphatic heterocycles. The van der Waals surface area contributed by atoms with Crippen LogP contribution in [-0.4, -0.2) is 35.7 Å². The first-order valence-electron chi connectivity index (χ1n) is 14.3. The molecule has 0 radical (unpaired) electrons. The summed E-state index contributed by atoms with van der Waals surface area (Å²) >= 11 is 0. The highest BCUT2D eigenvalue weighted by Crippen LogP contribution is 2.74. The van der Waals surface area contributed by atoms with Crippen molar-refractivity contribution in [2.24, 2.45) is 50.2 Å². The second kappa shape index (κ2) is 7.91. The van der Waals surface area contributed by atoms with Gasteiger partial charge in [-0.2, -0.15) is 0 Å². The summed E-state index contributed by atoms with van der Waals surface area (Å²) < 4.78 is 5.01. The van der Waals surface area contributed by atoms with Crippen molar-refractivity contribution < 1.29 is 29.0 Å². The van der Waals surface area contributed by atoms with Gasteiger partial charge in [0, 0.05) is 16.7 Å². The summed E-state index contributed by atoms with van der Waals surface area (Å²) in [5.41, 5.74) is -2.01. The van der Waals surface area contributed by atoms with Gasteiger partial charge in [0.05, 0.1) is 12.5 Å². The molecule has 2 unspecified atom stereocenters. The van der Waals surface area contributed by atoms with Gasteiger partial charge in [-0.15, -0.1) is 0 Å². The number of ketones is 2. The zero-order valence-electron chi connectivity index (χ0n) is 24.3. The maximum absolute atomic E-state index is 14.3. The number of fused-ring (bicyclic) bond motifs is 7. The summed E-state index contributed by atoms with van der Waals surface area (Å²) in [7, 11) is 1.29. The van der Waals surface area contributed by atoms with Crippen LogP contribution in [0.3, 0.4) is 0 Å². The number of carboxylic acid groups (broad SMARTS) is 1. The van der Waals surface area contributed by atoms with Crippen LogP contribution in [0.2, 0.25) is 0 Å². The Labute approximate surface area is 226 Å². The summed E-state index contributed by atoms with van der Waals surface area (Å²) in [6.07, 6.45) is 8.71. The van der Waals surface area contributed by atoms with Crippen LogP contribution < -0.4 is 0 Å². The zero-order chi connectivity index (χ0) is 28.3. The fraction of sp³-hybridized carbons (Fsp3) is 0.750. The van der Waals surface area contributed by atoms with Gasteiger partial charge in [-0.05, 0) is 79.1 Å². The monoisotopic (exact) mass is 524 g/mol. The van der Waals surface area contributed by atoms with Crippen LogP contribution in [-0.2, 0) is 23.9 Å². The summed E-state index contributed by atoms with van der Waals surface area (Å²) in [6.45, 7) is 14.8. The van der Waals surface area contributed by atoms with Crippen LogP contribution in [0.15, 0.2) is 23.3 Å². The van der Waals surface area contributed by atoms with Gasteiger partial charge in [0.2, 0.25) is 0 Å². The molecule has 6 nitrogen and oxygen atoms in total. The Bertz CT molecular complexity index is 1200. The molecule has 208 valence electrons. The second-order valence-corrected chi connectivity index (χ2v) is 15.1. The lowest BCUT2D eigenvalue weighted by Crippen LogP contribution is -2.65. The number of carbonyl (C=O) groups is 4. The molecular formula is C32H44O6. The smallest absolute Gasteiger partial charge is 0.341 e. The number of hydrogen-bond acceptors (Lipinski definition) is 5. The average molecular weight is 525 g/mol. The van der Waals surface area contributed by atoms with Gasteiger partial charge in [-0.1, -0.05) is 60.1 Å². The largest absolute Gasteiger partial charge is 0.481 e. The van der Waals surface area contributed by atoms with E-state index in [0.717, 1.165) is 31.3 Å². The Balaban J connectivity index is 1.71. The van der Waals surface area contributed by atoms with Crippen LogP contribution in [0.5, 0.6) is 0 Å². The molecule has 0 saturated heterocycles.